The van der Waals surface area contributed by atoms with E-state index in [1.807, 2.05) is 5.57 Å². The maximum absolute atomic E-state index is 10.5. The Kier molecular flexibility index (Phi) is 6.10. The van der Waals surface area contributed by atoms with Gasteiger partial charge in [0, 0.05) is 0 Å². The molecular formula is C29H48O. The molecule has 9 atom stereocenters. The number of aliphatic hydroxyl groups excluding tert-OH is 1. The van der Waals surface area contributed by atoms with Crippen LogP contribution in [0.4, 0.5) is 0 Å². The van der Waals surface area contributed by atoms with Crippen LogP contribution in [0.15, 0.2) is 22.8 Å². The maximum Gasteiger partial charge on any atom is 0.0568 e. The fourth-order valence-corrected chi connectivity index (χ4v) is 8.82. The molecule has 0 aliphatic heterocycles. The van der Waals surface area contributed by atoms with Gasteiger partial charge in [-0.05, 0) is 125 Å². The van der Waals surface area contributed by atoms with Crippen molar-refractivity contribution in [3.05, 3.63) is 22.8 Å². The van der Waals surface area contributed by atoms with E-state index < -0.39 is 0 Å². The number of hydrogen-bond acceptors (Lipinski definition) is 1. The molecule has 1 N–H and O–H groups in total. The van der Waals surface area contributed by atoms with Crippen LogP contribution in [0.5, 0.6) is 0 Å². The molecule has 4 unspecified atom stereocenters. The summed E-state index contributed by atoms with van der Waals surface area (Å²) in [6.07, 6.45) is 14.4. The van der Waals surface area contributed by atoms with Gasteiger partial charge in [0.2, 0.25) is 0 Å². The Labute approximate surface area is 186 Å². The first-order chi connectivity index (χ1) is 14.1. The van der Waals surface area contributed by atoms with Gasteiger partial charge in [-0.25, -0.2) is 0 Å². The van der Waals surface area contributed by atoms with Gasteiger partial charge >= 0.3 is 0 Å². The second kappa shape index (κ2) is 8.09. The average molecular weight is 413 g/mol. The molecule has 0 aromatic carbocycles. The van der Waals surface area contributed by atoms with E-state index in [4.69, 9.17) is 0 Å². The van der Waals surface area contributed by atoms with Crippen molar-refractivity contribution in [1.29, 1.82) is 0 Å². The average Bonchev–Trinajstić information content (AvgIpc) is 3.06. The first kappa shape index (κ1) is 22.6. The predicted molar refractivity (Wildman–Crippen MR) is 128 cm³/mol. The fourth-order valence-electron chi connectivity index (χ4n) is 8.82. The molecule has 0 bridgehead atoms. The van der Waals surface area contributed by atoms with Crippen molar-refractivity contribution in [3.8, 4) is 0 Å². The molecule has 3 fully saturated rings. The topological polar surface area (TPSA) is 20.2 Å². The van der Waals surface area contributed by atoms with Gasteiger partial charge in [0.15, 0.2) is 0 Å². The molecule has 4 aliphatic rings. The quantitative estimate of drug-likeness (QED) is 0.464. The summed E-state index contributed by atoms with van der Waals surface area (Å²) in [5.74, 6) is 4.49. The Hall–Kier alpha value is -0.560. The molecule has 0 heterocycles. The Morgan fingerprint density at radius 3 is 2.40 bits per heavy atom. The highest BCUT2D eigenvalue weighted by molar-refractivity contribution is 5.28. The first-order valence-electron chi connectivity index (χ1n) is 13.1. The van der Waals surface area contributed by atoms with Crippen molar-refractivity contribution >= 4 is 0 Å². The summed E-state index contributed by atoms with van der Waals surface area (Å²) < 4.78 is 0. The molecule has 4 rings (SSSR count). The second-order valence-electron chi connectivity index (χ2n) is 12.6. The summed E-state index contributed by atoms with van der Waals surface area (Å²) in [4.78, 5) is 0. The Morgan fingerprint density at radius 1 is 1.03 bits per heavy atom. The molecule has 0 saturated heterocycles. The number of rotatable bonds is 4. The summed E-state index contributed by atoms with van der Waals surface area (Å²) in [6.45, 7) is 17.0. The van der Waals surface area contributed by atoms with Crippen molar-refractivity contribution in [2.75, 3.05) is 0 Å². The van der Waals surface area contributed by atoms with E-state index in [2.05, 4.69) is 54.5 Å². The van der Waals surface area contributed by atoms with E-state index in [1.54, 1.807) is 5.57 Å². The Morgan fingerprint density at radius 2 is 1.70 bits per heavy atom. The summed E-state index contributed by atoms with van der Waals surface area (Å²) in [5.41, 5.74) is 5.92. The lowest BCUT2D eigenvalue weighted by Crippen LogP contribution is -2.52. The van der Waals surface area contributed by atoms with Gasteiger partial charge < -0.3 is 5.11 Å². The molecule has 1 nitrogen and oxygen atoms in total. The van der Waals surface area contributed by atoms with Crippen LogP contribution in [0.2, 0.25) is 0 Å². The summed E-state index contributed by atoms with van der Waals surface area (Å²) in [7, 11) is 0. The zero-order valence-electron chi connectivity index (χ0n) is 20.9. The fraction of sp³-hybridized carbons (Fsp3) is 0.862. The van der Waals surface area contributed by atoms with Gasteiger partial charge in [-0.3, -0.25) is 0 Å². The minimum absolute atomic E-state index is 0.0761. The van der Waals surface area contributed by atoms with Crippen LogP contribution in [0.3, 0.4) is 0 Å². The normalized spacial score (nSPS) is 46.3. The van der Waals surface area contributed by atoms with E-state index in [9.17, 15) is 5.11 Å². The van der Waals surface area contributed by atoms with Crippen LogP contribution in [-0.2, 0) is 0 Å². The lowest BCUT2D eigenvalue weighted by molar-refractivity contribution is -0.0773. The number of aliphatic hydroxyl groups is 1. The standard InChI is InChI=1S/C29H48O/c1-18(2)19(3)8-9-20(4)23-12-13-25-22-10-11-24-21(5)27(30)15-17-29(24,7)26(22)14-16-28(23,25)6/h10,20-21,23-27,30H,8-9,11-17H2,1-7H3/t20-,21+,23?,24?,25?,26?,27+,28-,29+/m1/s1. The molecule has 0 aromatic heterocycles. The smallest absolute Gasteiger partial charge is 0.0568 e. The van der Waals surface area contributed by atoms with Gasteiger partial charge in [0.05, 0.1) is 6.10 Å². The van der Waals surface area contributed by atoms with E-state index in [0.717, 1.165) is 30.1 Å². The molecule has 0 radical (unpaired) electrons. The summed E-state index contributed by atoms with van der Waals surface area (Å²) in [5, 5.41) is 10.5. The number of hydrogen-bond donors (Lipinski definition) is 1. The van der Waals surface area contributed by atoms with Gasteiger partial charge in [0.25, 0.3) is 0 Å². The van der Waals surface area contributed by atoms with E-state index in [-0.39, 0.29) is 6.10 Å². The third-order valence-corrected chi connectivity index (χ3v) is 11.2. The zero-order chi connectivity index (χ0) is 21.8. The van der Waals surface area contributed by atoms with Crippen molar-refractivity contribution in [2.24, 2.45) is 46.3 Å². The van der Waals surface area contributed by atoms with E-state index in [0.29, 0.717) is 22.7 Å². The second-order valence-corrected chi connectivity index (χ2v) is 12.6. The molecular weight excluding hydrogens is 364 g/mol. The highest BCUT2D eigenvalue weighted by atomic mass is 16.3. The SMILES string of the molecule is CC(C)=C(C)CC[C@@H](C)C1CCC2C3=CCC4[C@H](C)[C@@H](O)CC[C@]4(C)C3CC[C@@]21C. The zero-order valence-corrected chi connectivity index (χ0v) is 20.9. The van der Waals surface area contributed by atoms with Crippen LogP contribution >= 0.6 is 0 Å². The molecule has 0 spiro atoms. The summed E-state index contributed by atoms with van der Waals surface area (Å²) in [6, 6.07) is 0. The Balaban J connectivity index is 1.54. The number of fused-ring (bicyclic) bond motifs is 5. The van der Waals surface area contributed by atoms with Crippen LogP contribution in [0, 0.1) is 46.3 Å². The highest BCUT2D eigenvalue weighted by Crippen LogP contribution is 2.67. The van der Waals surface area contributed by atoms with Crippen LogP contribution in [0.25, 0.3) is 0 Å². The number of allylic oxidation sites excluding steroid dienone is 4. The largest absolute Gasteiger partial charge is 0.393 e. The van der Waals surface area contributed by atoms with Gasteiger partial charge in [-0.2, -0.15) is 0 Å². The van der Waals surface area contributed by atoms with Crippen molar-refractivity contribution in [3.63, 3.8) is 0 Å². The van der Waals surface area contributed by atoms with E-state index in [1.165, 1.54) is 56.9 Å². The monoisotopic (exact) mass is 412 g/mol. The third kappa shape index (κ3) is 3.46. The maximum atomic E-state index is 10.5. The minimum atomic E-state index is -0.0761. The van der Waals surface area contributed by atoms with Gasteiger partial charge in [0.1, 0.15) is 0 Å². The predicted octanol–water partition coefficient (Wildman–Crippen LogP) is 7.94. The van der Waals surface area contributed by atoms with Gasteiger partial charge in [-0.1, -0.05) is 50.5 Å². The molecule has 0 aromatic rings. The molecule has 1 heteroatoms. The molecule has 0 amide bonds. The van der Waals surface area contributed by atoms with Crippen LogP contribution < -0.4 is 0 Å². The molecule has 30 heavy (non-hydrogen) atoms. The minimum Gasteiger partial charge on any atom is -0.393 e. The van der Waals surface area contributed by atoms with E-state index >= 15 is 0 Å². The lowest BCUT2D eigenvalue weighted by atomic mass is 9.46. The highest BCUT2D eigenvalue weighted by Gasteiger charge is 2.59. The lowest BCUT2D eigenvalue weighted by Gasteiger charge is -2.59. The third-order valence-electron chi connectivity index (χ3n) is 11.2. The van der Waals surface area contributed by atoms with Crippen molar-refractivity contribution in [2.45, 2.75) is 112 Å². The van der Waals surface area contributed by atoms with Crippen molar-refractivity contribution in [1.82, 2.24) is 0 Å². The van der Waals surface area contributed by atoms with Crippen molar-refractivity contribution < 1.29 is 5.11 Å². The molecule has 170 valence electrons. The van der Waals surface area contributed by atoms with Crippen LogP contribution in [0.1, 0.15) is 106 Å². The first-order valence-corrected chi connectivity index (χ1v) is 13.1. The Bertz CT molecular complexity index is 712. The molecule has 3 saturated carbocycles. The summed E-state index contributed by atoms with van der Waals surface area (Å²) >= 11 is 0. The van der Waals surface area contributed by atoms with Crippen LogP contribution in [-0.4, -0.2) is 11.2 Å². The molecule has 4 aliphatic carbocycles. The van der Waals surface area contributed by atoms with Gasteiger partial charge in [-0.15, -0.1) is 0 Å².